The zero-order chi connectivity index (χ0) is 15.3. The number of carbonyl (C=O) groups excluding carboxylic acids is 1. The van der Waals surface area contributed by atoms with Crippen LogP contribution in [0.25, 0.3) is 0 Å². The Labute approximate surface area is 124 Å². The molecule has 1 aromatic carbocycles. The highest BCUT2D eigenvalue weighted by Gasteiger charge is 2.14. The van der Waals surface area contributed by atoms with Gasteiger partial charge in [0.25, 0.3) is 0 Å². The van der Waals surface area contributed by atoms with Crippen molar-refractivity contribution in [3.8, 4) is 0 Å². The van der Waals surface area contributed by atoms with Crippen LogP contribution in [0.1, 0.15) is 18.1 Å². The standard InChI is InChI=1S/C14H20FN3OS/c1-9(14(19)17-2)7-18(3)8-10-4-11(13(16)20)6-12(15)5-10/h4-6,9H,7-8H2,1-3H3,(H2,16,20)(H,17,19). The molecule has 0 aromatic heterocycles. The van der Waals surface area contributed by atoms with Gasteiger partial charge in [-0.25, -0.2) is 4.39 Å². The monoisotopic (exact) mass is 297 g/mol. The predicted octanol–water partition coefficient (Wildman–Crippen LogP) is 1.27. The third kappa shape index (κ3) is 4.86. The van der Waals surface area contributed by atoms with Crippen molar-refractivity contribution in [1.82, 2.24) is 10.2 Å². The van der Waals surface area contributed by atoms with Gasteiger partial charge in [0.2, 0.25) is 5.91 Å². The van der Waals surface area contributed by atoms with Crippen molar-refractivity contribution in [2.45, 2.75) is 13.5 Å². The van der Waals surface area contributed by atoms with Gasteiger partial charge in [0.1, 0.15) is 10.8 Å². The van der Waals surface area contributed by atoms with Gasteiger partial charge in [0.05, 0.1) is 0 Å². The van der Waals surface area contributed by atoms with E-state index < -0.39 is 0 Å². The molecule has 0 spiro atoms. The molecule has 0 heterocycles. The molecule has 0 bridgehead atoms. The molecule has 0 saturated carbocycles. The van der Waals surface area contributed by atoms with Crippen molar-refractivity contribution in [3.05, 3.63) is 35.1 Å². The fourth-order valence-corrected chi connectivity index (χ4v) is 2.17. The first-order valence-electron chi connectivity index (χ1n) is 6.33. The molecule has 1 rings (SSSR count). The number of halogens is 1. The van der Waals surface area contributed by atoms with E-state index in [1.54, 1.807) is 13.1 Å². The van der Waals surface area contributed by atoms with Crippen molar-refractivity contribution >= 4 is 23.1 Å². The molecule has 0 aliphatic rings. The number of hydrogen-bond donors (Lipinski definition) is 2. The highest BCUT2D eigenvalue weighted by atomic mass is 32.1. The maximum atomic E-state index is 13.5. The van der Waals surface area contributed by atoms with E-state index in [0.717, 1.165) is 5.56 Å². The Morgan fingerprint density at radius 1 is 1.50 bits per heavy atom. The van der Waals surface area contributed by atoms with Gasteiger partial charge in [-0.05, 0) is 30.8 Å². The molecule has 0 fully saturated rings. The SMILES string of the molecule is CNC(=O)C(C)CN(C)Cc1cc(F)cc(C(N)=S)c1. The van der Waals surface area contributed by atoms with Crippen molar-refractivity contribution in [3.63, 3.8) is 0 Å². The molecule has 1 atom stereocenters. The number of thiocarbonyl (C=S) groups is 1. The van der Waals surface area contributed by atoms with E-state index >= 15 is 0 Å². The minimum atomic E-state index is -0.363. The van der Waals surface area contributed by atoms with Crippen LogP contribution < -0.4 is 11.1 Å². The molecule has 0 saturated heterocycles. The predicted molar refractivity (Wildman–Crippen MR) is 81.9 cm³/mol. The minimum absolute atomic E-state index is 0.0140. The minimum Gasteiger partial charge on any atom is -0.389 e. The summed E-state index contributed by atoms with van der Waals surface area (Å²) in [6.07, 6.45) is 0. The third-order valence-corrected chi connectivity index (χ3v) is 3.21. The van der Waals surface area contributed by atoms with Crippen molar-refractivity contribution < 1.29 is 9.18 Å². The van der Waals surface area contributed by atoms with Crippen LogP contribution in [0.5, 0.6) is 0 Å². The number of benzene rings is 1. The van der Waals surface area contributed by atoms with Crippen molar-refractivity contribution in [2.24, 2.45) is 11.7 Å². The molecule has 3 N–H and O–H groups in total. The first kappa shape index (κ1) is 16.5. The average Bonchev–Trinajstić information content (AvgIpc) is 2.36. The molecule has 1 aromatic rings. The molecule has 1 unspecified atom stereocenters. The zero-order valence-corrected chi connectivity index (χ0v) is 12.8. The number of nitrogens with one attached hydrogen (secondary N) is 1. The second kappa shape index (κ2) is 7.31. The van der Waals surface area contributed by atoms with E-state index in [1.807, 2.05) is 18.9 Å². The normalized spacial score (nSPS) is 12.2. The molecule has 110 valence electrons. The fourth-order valence-electron chi connectivity index (χ4n) is 2.06. The van der Waals surface area contributed by atoms with Gasteiger partial charge in [0, 0.05) is 31.6 Å². The van der Waals surface area contributed by atoms with Gasteiger partial charge in [0.15, 0.2) is 0 Å². The summed E-state index contributed by atoms with van der Waals surface area (Å²) < 4.78 is 13.5. The van der Waals surface area contributed by atoms with Crippen molar-refractivity contribution in [2.75, 3.05) is 20.6 Å². The van der Waals surface area contributed by atoms with Gasteiger partial charge < -0.3 is 16.0 Å². The summed E-state index contributed by atoms with van der Waals surface area (Å²) in [4.78, 5) is 13.6. The van der Waals surface area contributed by atoms with Crippen LogP contribution in [0, 0.1) is 11.7 Å². The van der Waals surface area contributed by atoms with E-state index in [0.29, 0.717) is 18.7 Å². The molecular formula is C14H20FN3OS. The summed E-state index contributed by atoms with van der Waals surface area (Å²) in [6, 6.07) is 4.54. The summed E-state index contributed by atoms with van der Waals surface area (Å²) in [5.41, 5.74) is 6.81. The van der Waals surface area contributed by atoms with Crippen molar-refractivity contribution in [1.29, 1.82) is 0 Å². The highest BCUT2D eigenvalue weighted by Crippen LogP contribution is 2.12. The Balaban J connectivity index is 2.73. The number of nitrogens with zero attached hydrogens (tertiary/aromatic N) is 1. The molecule has 6 heteroatoms. The molecular weight excluding hydrogens is 277 g/mol. The van der Waals surface area contributed by atoms with Crippen LogP contribution >= 0.6 is 12.2 Å². The molecule has 20 heavy (non-hydrogen) atoms. The summed E-state index contributed by atoms with van der Waals surface area (Å²) in [7, 11) is 3.49. The second-order valence-electron chi connectivity index (χ2n) is 4.92. The van der Waals surface area contributed by atoms with E-state index in [4.69, 9.17) is 18.0 Å². The molecule has 0 aliphatic heterocycles. The molecule has 0 aliphatic carbocycles. The van der Waals surface area contributed by atoms with Gasteiger partial charge in [-0.3, -0.25) is 4.79 Å². The number of hydrogen-bond acceptors (Lipinski definition) is 3. The van der Waals surface area contributed by atoms with Crippen LogP contribution in [0.4, 0.5) is 4.39 Å². The van der Waals surface area contributed by atoms with Crippen LogP contribution in [0.2, 0.25) is 0 Å². The van der Waals surface area contributed by atoms with Crippen LogP contribution in [0.15, 0.2) is 18.2 Å². The van der Waals surface area contributed by atoms with Crippen LogP contribution in [-0.4, -0.2) is 36.4 Å². The summed E-state index contributed by atoms with van der Waals surface area (Å²) >= 11 is 4.86. The van der Waals surface area contributed by atoms with Gasteiger partial charge in [-0.2, -0.15) is 0 Å². The summed E-state index contributed by atoms with van der Waals surface area (Å²) in [5.74, 6) is -0.508. The first-order chi connectivity index (χ1) is 9.33. The zero-order valence-electron chi connectivity index (χ0n) is 11.9. The quantitative estimate of drug-likeness (QED) is 0.777. The molecule has 4 nitrogen and oxygen atoms in total. The Bertz CT molecular complexity index is 507. The lowest BCUT2D eigenvalue weighted by atomic mass is 10.1. The Hall–Kier alpha value is -1.53. The largest absolute Gasteiger partial charge is 0.389 e. The van der Waals surface area contributed by atoms with Gasteiger partial charge >= 0.3 is 0 Å². The Morgan fingerprint density at radius 2 is 2.15 bits per heavy atom. The van der Waals surface area contributed by atoms with E-state index in [1.165, 1.54) is 12.1 Å². The van der Waals surface area contributed by atoms with E-state index in [9.17, 15) is 9.18 Å². The molecule has 0 radical (unpaired) electrons. The topological polar surface area (TPSA) is 58.4 Å². The Morgan fingerprint density at radius 3 is 2.70 bits per heavy atom. The molecule has 1 amide bonds. The average molecular weight is 297 g/mol. The smallest absolute Gasteiger partial charge is 0.223 e. The van der Waals surface area contributed by atoms with Crippen LogP contribution in [-0.2, 0) is 11.3 Å². The summed E-state index contributed by atoms with van der Waals surface area (Å²) in [5, 5.41) is 2.61. The maximum Gasteiger partial charge on any atom is 0.223 e. The summed E-state index contributed by atoms with van der Waals surface area (Å²) in [6.45, 7) is 2.95. The second-order valence-corrected chi connectivity index (χ2v) is 5.36. The van der Waals surface area contributed by atoms with E-state index in [-0.39, 0.29) is 22.6 Å². The number of carbonyl (C=O) groups is 1. The third-order valence-electron chi connectivity index (χ3n) is 2.97. The fraction of sp³-hybridized carbons (Fsp3) is 0.429. The van der Waals surface area contributed by atoms with E-state index in [2.05, 4.69) is 5.32 Å². The number of nitrogens with two attached hydrogens (primary N) is 1. The Kier molecular flexibility index (Phi) is 6.04. The highest BCUT2D eigenvalue weighted by molar-refractivity contribution is 7.80. The lowest BCUT2D eigenvalue weighted by Crippen LogP contribution is -2.34. The lowest BCUT2D eigenvalue weighted by Gasteiger charge is -2.20. The van der Waals surface area contributed by atoms with Crippen LogP contribution in [0.3, 0.4) is 0 Å². The number of rotatable bonds is 6. The first-order valence-corrected chi connectivity index (χ1v) is 6.73. The lowest BCUT2D eigenvalue weighted by molar-refractivity contribution is -0.124. The maximum absolute atomic E-state index is 13.5. The van der Waals surface area contributed by atoms with Gasteiger partial charge in [-0.1, -0.05) is 19.1 Å². The number of amides is 1. The van der Waals surface area contributed by atoms with Gasteiger partial charge in [-0.15, -0.1) is 0 Å².